The van der Waals surface area contributed by atoms with Crippen LogP contribution in [0.2, 0.25) is 0 Å². The summed E-state index contributed by atoms with van der Waals surface area (Å²) >= 11 is 0. The number of ether oxygens (including phenoxy) is 2. The molecule has 1 rings (SSSR count). The van der Waals surface area contributed by atoms with E-state index in [-0.39, 0.29) is 12.2 Å². The molecule has 0 saturated carbocycles. The van der Waals surface area contributed by atoms with E-state index < -0.39 is 17.1 Å². The van der Waals surface area contributed by atoms with Crippen LogP contribution in [0.3, 0.4) is 0 Å². The average molecular weight is 268 g/mol. The highest BCUT2D eigenvalue weighted by Crippen LogP contribution is 2.28. The van der Waals surface area contributed by atoms with E-state index in [2.05, 4.69) is 9.97 Å². The number of hydrogen-bond donors (Lipinski definition) is 1. The third kappa shape index (κ3) is 3.01. The summed E-state index contributed by atoms with van der Waals surface area (Å²) in [6.07, 6.45) is 2.58. The summed E-state index contributed by atoms with van der Waals surface area (Å²) in [6.45, 7) is 5.79. The van der Waals surface area contributed by atoms with Gasteiger partial charge < -0.3 is 14.5 Å². The Kier molecular flexibility index (Phi) is 5.23. The van der Waals surface area contributed by atoms with Crippen molar-refractivity contribution in [2.24, 2.45) is 0 Å². The van der Waals surface area contributed by atoms with Crippen molar-refractivity contribution in [2.45, 2.75) is 39.2 Å². The van der Waals surface area contributed by atoms with Gasteiger partial charge in [0.15, 0.2) is 0 Å². The van der Waals surface area contributed by atoms with Crippen LogP contribution in [0.1, 0.15) is 49.8 Å². The van der Waals surface area contributed by atoms with Gasteiger partial charge in [-0.2, -0.15) is 0 Å². The van der Waals surface area contributed by atoms with E-state index in [9.17, 15) is 9.59 Å². The van der Waals surface area contributed by atoms with Crippen LogP contribution >= 0.6 is 0 Å². The number of nitrogens with one attached hydrogen (secondary N) is 1. The van der Waals surface area contributed by atoms with E-state index in [1.807, 2.05) is 13.8 Å². The highest BCUT2D eigenvalue weighted by molar-refractivity contribution is 5.88. The maximum Gasteiger partial charge on any atom is 0.345 e. The zero-order valence-corrected chi connectivity index (χ0v) is 11.8. The predicted molar refractivity (Wildman–Crippen MR) is 70.1 cm³/mol. The smallest absolute Gasteiger partial charge is 0.345 e. The van der Waals surface area contributed by atoms with Crippen LogP contribution in [0.15, 0.2) is 11.0 Å². The normalized spacial score (nSPS) is 11.4. The van der Waals surface area contributed by atoms with Gasteiger partial charge in [0.05, 0.1) is 6.61 Å². The van der Waals surface area contributed by atoms with E-state index >= 15 is 0 Å². The van der Waals surface area contributed by atoms with Crippen molar-refractivity contribution in [2.75, 3.05) is 13.7 Å². The highest BCUT2D eigenvalue weighted by Gasteiger charge is 2.31. The van der Waals surface area contributed by atoms with Gasteiger partial charge in [0, 0.05) is 13.3 Å². The van der Waals surface area contributed by atoms with Crippen LogP contribution < -0.4 is 5.56 Å². The fraction of sp³-hybridized carbons (Fsp3) is 0.615. The summed E-state index contributed by atoms with van der Waals surface area (Å²) in [5, 5.41) is 0. The maximum absolute atomic E-state index is 11.9. The lowest BCUT2D eigenvalue weighted by molar-refractivity contribution is -0.0294. The Labute approximate surface area is 112 Å². The molecule has 1 heterocycles. The first-order chi connectivity index (χ1) is 9.04. The molecule has 0 bridgehead atoms. The largest absolute Gasteiger partial charge is 0.462 e. The Morgan fingerprint density at radius 2 is 2.00 bits per heavy atom. The van der Waals surface area contributed by atoms with Gasteiger partial charge in [-0.15, -0.1) is 0 Å². The van der Waals surface area contributed by atoms with Crippen LogP contribution in [0.4, 0.5) is 0 Å². The molecule has 6 heteroatoms. The quantitative estimate of drug-likeness (QED) is 0.793. The molecule has 0 aliphatic heterocycles. The molecule has 19 heavy (non-hydrogen) atoms. The van der Waals surface area contributed by atoms with E-state index in [4.69, 9.17) is 9.47 Å². The van der Waals surface area contributed by atoms with Crippen LogP contribution in [0, 0.1) is 0 Å². The molecule has 1 aromatic rings. The molecule has 6 nitrogen and oxygen atoms in total. The zero-order valence-electron chi connectivity index (χ0n) is 11.8. The third-order valence-corrected chi connectivity index (χ3v) is 3.26. The minimum Gasteiger partial charge on any atom is -0.462 e. The second kappa shape index (κ2) is 6.47. The first-order valence-electron chi connectivity index (χ1n) is 6.36. The van der Waals surface area contributed by atoms with Gasteiger partial charge in [-0.25, -0.2) is 9.78 Å². The molecule has 0 spiro atoms. The van der Waals surface area contributed by atoms with Crippen molar-refractivity contribution in [1.29, 1.82) is 0 Å². The van der Waals surface area contributed by atoms with Crippen molar-refractivity contribution < 1.29 is 14.3 Å². The molecule has 1 N–H and O–H groups in total. The molecule has 106 valence electrons. The minimum atomic E-state index is -0.668. The number of methoxy groups -OCH3 is 1. The highest BCUT2D eigenvalue weighted by atomic mass is 16.5. The summed E-state index contributed by atoms with van der Waals surface area (Å²) in [7, 11) is 1.58. The predicted octanol–water partition coefficient (Wildman–Crippen LogP) is 1.61. The number of hydrogen-bond acceptors (Lipinski definition) is 5. The minimum absolute atomic E-state index is 0.0946. The van der Waals surface area contributed by atoms with Gasteiger partial charge in [-0.1, -0.05) is 13.8 Å². The summed E-state index contributed by atoms with van der Waals surface area (Å²) in [4.78, 5) is 30.2. The van der Waals surface area contributed by atoms with Crippen molar-refractivity contribution >= 4 is 5.97 Å². The molecule has 0 unspecified atom stereocenters. The summed E-state index contributed by atoms with van der Waals surface area (Å²) in [5.41, 5.74) is -1.23. The number of esters is 1. The average Bonchev–Trinajstić information content (AvgIpc) is 2.41. The van der Waals surface area contributed by atoms with Gasteiger partial charge >= 0.3 is 5.97 Å². The fourth-order valence-corrected chi connectivity index (χ4v) is 1.95. The topological polar surface area (TPSA) is 81.3 Å². The van der Waals surface area contributed by atoms with Gasteiger partial charge in [0.1, 0.15) is 17.0 Å². The number of aromatic nitrogens is 2. The standard InChI is InChI=1S/C13H20N2O4/c1-5-13(6-2,18-4)12-14-8-9(10(16)15-12)11(17)19-7-3/h8H,5-7H2,1-4H3,(H,14,15,16). The van der Waals surface area contributed by atoms with E-state index in [1.165, 1.54) is 6.20 Å². The summed E-state index contributed by atoms with van der Waals surface area (Å²) < 4.78 is 10.3. The van der Waals surface area contributed by atoms with Crippen LogP contribution in [0.25, 0.3) is 0 Å². The van der Waals surface area contributed by atoms with Gasteiger partial charge in [-0.3, -0.25) is 4.79 Å². The lowest BCUT2D eigenvalue weighted by atomic mass is 9.96. The molecule has 0 saturated heterocycles. The van der Waals surface area contributed by atoms with Crippen LogP contribution in [-0.2, 0) is 15.1 Å². The summed E-state index contributed by atoms with van der Waals surface area (Å²) in [5.74, 6) is -0.239. The van der Waals surface area contributed by atoms with Gasteiger partial charge in [0.25, 0.3) is 5.56 Å². The lowest BCUT2D eigenvalue weighted by Crippen LogP contribution is -2.33. The number of nitrogens with zero attached hydrogens (tertiary/aromatic N) is 1. The van der Waals surface area contributed by atoms with Gasteiger partial charge in [-0.05, 0) is 19.8 Å². The Balaban J connectivity index is 3.19. The van der Waals surface area contributed by atoms with Gasteiger partial charge in [0.2, 0.25) is 0 Å². The van der Waals surface area contributed by atoms with Crippen molar-refractivity contribution in [1.82, 2.24) is 9.97 Å². The molecular formula is C13H20N2O4. The fourth-order valence-electron chi connectivity index (χ4n) is 1.95. The second-order valence-electron chi connectivity index (χ2n) is 4.10. The monoisotopic (exact) mass is 268 g/mol. The number of rotatable bonds is 6. The zero-order chi connectivity index (χ0) is 14.5. The Morgan fingerprint density at radius 1 is 1.37 bits per heavy atom. The van der Waals surface area contributed by atoms with Crippen molar-refractivity contribution in [3.63, 3.8) is 0 Å². The number of H-pyrrole nitrogens is 1. The lowest BCUT2D eigenvalue weighted by Gasteiger charge is -2.28. The number of carbonyl (C=O) groups excluding carboxylic acids is 1. The molecule has 0 aliphatic carbocycles. The molecule has 0 radical (unpaired) electrons. The molecule has 0 atom stereocenters. The number of aromatic amines is 1. The van der Waals surface area contributed by atoms with Crippen molar-refractivity contribution in [3.05, 3.63) is 27.9 Å². The molecule has 0 aliphatic rings. The Bertz CT molecular complexity index is 483. The van der Waals surface area contributed by atoms with Crippen molar-refractivity contribution in [3.8, 4) is 0 Å². The van der Waals surface area contributed by atoms with E-state index in [1.54, 1.807) is 14.0 Å². The molecule has 0 fully saturated rings. The summed E-state index contributed by atoms with van der Waals surface area (Å²) in [6, 6.07) is 0. The molecule has 0 amide bonds. The van der Waals surface area contributed by atoms with E-state index in [0.717, 1.165) is 0 Å². The van der Waals surface area contributed by atoms with E-state index in [0.29, 0.717) is 18.7 Å². The SMILES string of the molecule is CCOC(=O)c1cnc(C(CC)(CC)OC)[nH]c1=O. The maximum atomic E-state index is 11.9. The van der Waals surface area contributed by atoms with Crippen LogP contribution in [0.5, 0.6) is 0 Å². The third-order valence-electron chi connectivity index (χ3n) is 3.26. The molecule has 0 aromatic carbocycles. The molecule has 1 aromatic heterocycles. The Hall–Kier alpha value is -1.69. The number of carbonyl (C=O) groups is 1. The molecular weight excluding hydrogens is 248 g/mol. The van der Waals surface area contributed by atoms with Crippen LogP contribution in [-0.4, -0.2) is 29.7 Å². The Morgan fingerprint density at radius 3 is 2.42 bits per heavy atom. The first-order valence-corrected chi connectivity index (χ1v) is 6.36. The first kappa shape index (κ1) is 15.4. The second-order valence-corrected chi connectivity index (χ2v) is 4.10.